The molecule has 1 aromatic rings. The summed E-state index contributed by atoms with van der Waals surface area (Å²) in [5, 5.41) is 7.31. The lowest BCUT2D eigenvalue weighted by atomic mass is 9.92. The van der Waals surface area contributed by atoms with Gasteiger partial charge in [-0.1, -0.05) is 30.7 Å². The van der Waals surface area contributed by atoms with Crippen LogP contribution in [0.2, 0.25) is 0 Å². The SMILES string of the molecule is c1ccc2c(c1)CNC(CCCNC1CCC1)C2. The van der Waals surface area contributed by atoms with Gasteiger partial charge in [0.05, 0.1) is 0 Å². The van der Waals surface area contributed by atoms with Gasteiger partial charge in [-0.15, -0.1) is 0 Å². The van der Waals surface area contributed by atoms with Crippen molar-refractivity contribution in [1.29, 1.82) is 0 Å². The molecular formula is C16H24N2. The second-order valence-corrected chi connectivity index (χ2v) is 5.77. The first-order valence-electron chi connectivity index (χ1n) is 7.45. The Labute approximate surface area is 110 Å². The molecule has 0 saturated heterocycles. The molecule has 1 aromatic carbocycles. The Morgan fingerprint density at radius 1 is 1.17 bits per heavy atom. The highest BCUT2D eigenvalue weighted by atomic mass is 14.9. The maximum absolute atomic E-state index is 3.66. The maximum atomic E-state index is 3.66. The lowest BCUT2D eigenvalue weighted by Crippen LogP contribution is -2.38. The molecular weight excluding hydrogens is 220 g/mol. The largest absolute Gasteiger partial charge is 0.314 e. The Hall–Kier alpha value is -0.860. The van der Waals surface area contributed by atoms with Gasteiger partial charge in [0.1, 0.15) is 0 Å². The lowest BCUT2D eigenvalue weighted by molar-refractivity contribution is 0.331. The van der Waals surface area contributed by atoms with E-state index < -0.39 is 0 Å². The fraction of sp³-hybridized carbons (Fsp3) is 0.625. The minimum Gasteiger partial charge on any atom is -0.314 e. The van der Waals surface area contributed by atoms with Crippen molar-refractivity contribution >= 4 is 0 Å². The van der Waals surface area contributed by atoms with Crippen LogP contribution in [0.15, 0.2) is 24.3 Å². The molecule has 1 aliphatic heterocycles. The highest BCUT2D eigenvalue weighted by molar-refractivity contribution is 5.29. The van der Waals surface area contributed by atoms with Gasteiger partial charge in [0, 0.05) is 18.6 Å². The molecule has 18 heavy (non-hydrogen) atoms. The third-order valence-electron chi connectivity index (χ3n) is 4.43. The fourth-order valence-corrected chi connectivity index (χ4v) is 2.99. The van der Waals surface area contributed by atoms with E-state index in [0.29, 0.717) is 6.04 Å². The van der Waals surface area contributed by atoms with Crippen molar-refractivity contribution in [3.63, 3.8) is 0 Å². The van der Waals surface area contributed by atoms with Crippen molar-refractivity contribution in [2.24, 2.45) is 0 Å². The van der Waals surface area contributed by atoms with E-state index in [1.807, 2.05) is 0 Å². The number of nitrogens with one attached hydrogen (secondary N) is 2. The number of benzene rings is 1. The van der Waals surface area contributed by atoms with Crippen molar-refractivity contribution in [3.8, 4) is 0 Å². The molecule has 3 rings (SSSR count). The average molecular weight is 244 g/mol. The van der Waals surface area contributed by atoms with Crippen LogP contribution in [-0.2, 0) is 13.0 Å². The Morgan fingerprint density at radius 3 is 2.78 bits per heavy atom. The van der Waals surface area contributed by atoms with Gasteiger partial charge < -0.3 is 10.6 Å². The van der Waals surface area contributed by atoms with Gasteiger partial charge >= 0.3 is 0 Å². The molecule has 1 aliphatic carbocycles. The smallest absolute Gasteiger partial charge is 0.0210 e. The topological polar surface area (TPSA) is 24.1 Å². The lowest BCUT2D eigenvalue weighted by Gasteiger charge is -2.28. The molecule has 1 saturated carbocycles. The summed E-state index contributed by atoms with van der Waals surface area (Å²) in [5.74, 6) is 0. The normalized spacial score (nSPS) is 23.4. The summed E-state index contributed by atoms with van der Waals surface area (Å²) >= 11 is 0. The molecule has 2 nitrogen and oxygen atoms in total. The Morgan fingerprint density at radius 2 is 2.00 bits per heavy atom. The molecule has 1 fully saturated rings. The maximum Gasteiger partial charge on any atom is 0.0210 e. The zero-order valence-electron chi connectivity index (χ0n) is 11.1. The predicted octanol–water partition coefficient (Wildman–Crippen LogP) is 2.62. The van der Waals surface area contributed by atoms with Gasteiger partial charge in [0.2, 0.25) is 0 Å². The van der Waals surface area contributed by atoms with E-state index in [1.54, 1.807) is 5.56 Å². The molecule has 2 heteroatoms. The van der Waals surface area contributed by atoms with Crippen LogP contribution in [0.4, 0.5) is 0 Å². The predicted molar refractivity (Wildman–Crippen MR) is 75.6 cm³/mol. The third-order valence-corrected chi connectivity index (χ3v) is 4.43. The standard InChI is InChI=1S/C16H24N2/c1-2-6-14-12-18-16(11-13(14)5-1)9-4-10-17-15-7-3-8-15/h1-2,5-6,15-18H,3-4,7-12H2. The zero-order chi connectivity index (χ0) is 12.2. The van der Waals surface area contributed by atoms with E-state index in [2.05, 4.69) is 34.9 Å². The van der Waals surface area contributed by atoms with Crippen LogP contribution in [0.5, 0.6) is 0 Å². The van der Waals surface area contributed by atoms with Crippen molar-refractivity contribution in [2.75, 3.05) is 6.54 Å². The summed E-state index contributed by atoms with van der Waals surface area (Å²) in [5.41, 5.74) is 3.04. The van der Waals surface area contributed by atoms with E-state index >= 15 is 0 Å². The highest BCUT2D eigenvalue weighted by Crippen LogP contribution is 2.19. The Bertz CT molecular complexity index is 384. The van der Waals surface area contributed by atoms with Gasteiger partial charge in [0.15, 0.2) is 0 Å². The molecule has 1 unspecified atom stereocenters. The molecule has 0 spiro atoms. The molecule has 2 N–H and O–H groups in total. The summed E-state index contributed by atoms with van der Waals surface area (Å²) in [4.78, 5) is 0. The monoisotopic (exact) mass is 244 g/mol. The van der Waals surface area contributed by atoms with Crippen LogP contribution < -0.4 is 10.6 Å². The summed E-state index contributed by atoms with van der Waals surface area (Å²) in [6.07, 6.45) is 8.03. The van der Waals surface area contributed by atoms with Crippen LogP contribution in [0, 0.1) is 0 Å². The molecule has 0 aromatic heterocycles. The molecule has 0 bridgehead atoms. The molecule has 1 heterocycles. The van der Waals surface area contributed by atoms with Gasteiger partial charge in [0.25, 0.3) is 0 Å². The summed E-state index contributed by atoms with van der Waals surface area (Å²) in [6, 6.07) is 10.4. The minimum absolute atomic E-state index is 0.683. The number of hydrogen-bond donors (Lipinski definition) is 2. The van der Waals surface area contributed by atoms with E-state index in [9.17, 15) is 0 Å². The minimum atomic E-state index is 0.683. The number of fused-ring (bicyclic) bond motifs is 1. The number of rotatable bonds is 5. The van der Waals surface area contributed by atoms with Crippen molar-refractivity contribution in [2.45, 2.75) is 57.2 Å². The van der Waals surface area contributed by atoms with E-state index in [4.69, 9.17) is 0 Å². The first-order valence-corrected chi connectivity index (χ1v) is 7.45. The second-order valence-electron chi connectivity index (χ2n) is 5.77. The van der Waals surface area contributed by atoms with Gasteiger partial charge in [-0.25, -0.2) is 0 Å². The molecule has 98 valence electrons. The fourth-order valence-electron chi connectivity index (χ4n) is 2.99. The highest BCUT2D eigenvalue weighted by Gasteiger charge is 2.18. The van der Waals surface area contributed by atoms with Gasteiger partial charge in [-0.3, -0.25) is 0 Å². The van der Waals surface area contributed by atoms with Crippen LogP contribution in [-0.4, -0.2) is 18.6 Å². The van der Waals surface area contributed by atoms with E-state index in [0.717, 1.165) is 12.6 Å². The Kier molecular flexibility index (Phi) is 3.96. The third kappa shape index (κ3) is 2.93. The first kappa shape index (κ1) is 12.2. The molecule has 0 amide bonds. The Balaban J connectivity index is 1.39. The van der Waals surface area contributed by atoms with E-state index in [1.165, 1.54) is 50.6 Å². The molecule has 1 atom stereocenters. The van der Waals surface area contributed by atoms with Gasteiger partial charge in [-0.05, 0) is 49.8 Å². The van der Waals surface area contributed by atoms with Crippen LogP contribution >= 0.6 is 0 Å². The number of hydrogen-bond acceptors (Lipinski definition) is 2. The summed E-state index contributed by atoms with van der Waals surface area (Å²) in [6.45, 7) is 2.25. The van der Waals surface area contributed by atoms with Crippen LogP contribution in [0.1, 0.15) is 43.2 Å². The van der Waals surface area contributed by atoms with Crippen LogP contribution in [0.3, 0.4) is 0 Å². The van der Waals surface area contributed by atoms with Crippen molar-refractivity contribution < 1.29 is 0 Å². The van der Waals surface area contributed by atoms with Gasteiger partial charge in [-0.2, -0.15) is 0 Å². The van der Waals surface area contributed by atoms with Crippen molar-refractivity contribution in [3.05, 3.63) is 35.4 Å². The second kappa shape index (κ2) is 5.85. The first-order chi connectivity index (χ1) is 8.92. The van der Waals surface area contributed by atoms with Crippen LogP contribution in [0.25, 0.3) is 0 Å². The quantitative estimate of drug-likeness (QED) is 0.778. The van der Waals surface area contributed by atoms with E-state index in [-0.39, 0.29) is 0 Å². The zero-order valence-corrected chi connectivity index (χ0v) is 11.1. The van der Waals surface area contributed by atoms with Crippen molar-refractivity contribution in [1.82, 2.24) is 10.6 Å². The summed E-state index contributed by atoms with van der Waals surface area (Å²) < 4.78 is 0. The molecule has 2 aliphatic rings. The summed E-state index contributed by atoms with van der Waals surface area (Å²) in [7, 11) is 0. The average Bonchev–Trinajstić information content (AvgIpc) is 2.36. The molecule has 0 radical (unpaired) electrons.